The highest BCUT2D eigenvalue weighted by Crippen LogP contribution is 2.23. The second kappa shape index (κ2) is 45.7. The summed E-state index contributed by atoms with van der Waals surface area (Å²) in [5.74, 6) is -0.148. The van der Waals surface area contributed by atoms with Crippen LogP contribution in [0, 0.1) is 0 Å². The Kier molecular flexibility index (Phi) is 43.5. The average molecular weight is 910 g/mol. The van der Waals surface area contributed by atoms with Gasteiger partial charge in [0.1, 0.15) is 24.4 Å². The van der Waals surface area contributed by atoms with Crippen LogP contribution in [-0.4, -0.2) is 87.5 Å². The monoisotopic (exact) mass is 910 g/mol. The first kappa shape index (κ1) is 60.9. The molecule has 380 valence electrons. The molecule has 0 saturated carbocycles. The summed E-state index contributed by atoms with van der Waals surface area (Å²) in [7, 11) is 0. The fourth-order valence-corrected chi connectivity index (χ4v) is 9.16. The SMILES string of the molecule is CCCCCCCCCCC/C=C\CCCCCCCC(=O)NC(COC1OC(CO)C(O)C(O)C1O)C(O)CCCCCCCCCCCCCCCCCCCCCCCCC. The summed E-state index contributed by atoms with van der Waals surface area (Å²) in [4.78, 5) is 13.0. The van der Waals surface area contributed by atoms with Crippen molar-refractivity contribution in [1.29, 1.82) is 0 Å². The van der Waals surface area contributed by atoms with E-state index in [9.17, 15) is 30.3 Å². The van der Waals surface area contributed by atoms with Crippen LogP contribution in [0.1, 0.15) is 277 Å². The van der Waals surface area contributed by atoms with E-state index >= 15 is 0 Å². The van der Waals surface area contributed by atoms with E-state index in [4.69, 9.17) is 9.47 Å². The lowest BCUT2D eigenvalue weighted by molar-refractivity contribution is -0.302. The van der Waals surface area contributed by atoms with Crippen molar-refractivity contribution in [1.82, 2.24) is 5.32 Å². The number of allylic oxidation sites excluding steroid dienone is 2. The molecule has 64 heavy (non-hydrogen) atoms. The van der Waals surface area contributed by atoms with Crippen molar-refractivity contribution in [2.24, 2.45) is 0 Å². The Labute approximate surface area is 395 Å². The van der Waals surface area contributed by atoms with E-state index < -0.39 is 49.5 Å². The van der Waals surface area contributed by atoms with E-state index in [1.165, 1.54) is 199 Å². The number of amides is 1. The lowest BCUT2D eigenvalue weighted by Crippen LogP contribution is -2.60. The van der Waals surface area contributed by atoms with Gasteiger partial charge in [0.2, 0.25) is 5.91 Å². The van der Waals surface area contributed by atoms with Crippen LogP contribution >= 0.6 is 0 Å². The van der Waals surface area contributed by atoms with Crippen LogP contribution in [0.2, 0.25) is 0 Å². The molecule has 1 heterocycles. The minimum Gasteiger partial charge on any atom is -0.394 e. The van der Waals surface area contributed by atoms with Crippen LogP contribution in [0.4, 0.5) is 0 Å². The van der Waals surface area contributed by atoms with Crippen LogP contribution in [-0.2, 0) is 14.3 Å². The number of carbonyl (C=O) groups excluding carboxylic acids is 1. The maximum absolute atomic E-state index is 13.0. The lowest BCUT2D eigenvalue weighted by atomic mass is 9.99. The fraction of sp³-hybridized carbons (Fsp3) is 0.945. The molecular formula is C55H107NO8. The molecule has 0 aromatic heterocycles. The Bertz CT molecular complexity index is 1010. The molecule has 1 saturated heterocycles. The van der Waals surface area contributed by atoms with E-state index in [0.29, 0.717) is 12.8 Å². The maximum Gasteiger partial charge on any atom is 0.220 e. The molecule has 0 spiro atoms. The summed E-state index contributed by atoms with van der Waals surface area (Å²) in [6.07, 6.45) is 48.0. The molecule has 0 aromatic carbocycles. The number of ether oxygens (including phenoxy) is 2. The molecule has 0 aliphatic carbocycles. The topological polar surface area (TPSA) is 149 Å². The molecule has 1 aliphatic heterocycles. The van der Waals surface area contributed by atoms with E-state index in [2.05, 4.69) is 31.3 Å². The maximum atomic E-state index is 13.0. The zero-order valence-corrected chi connectivity index (χ0v) is 42.1. The van der Waals surface area contributed by atoms with Gasteiger partial charge in [0.05, 0.1) is 25.4 Å². The number of hydrogen-bond acceptors (Lipinski definition) is 8. The zero-order valence-electron chi connectivity index (χ0n) is 42.1. The first-order chi connectivity index (χ1) is 31.3. The third kappa shape index (κ3) is 35.1. The first-order valence-corrected chi connectivity index (χ1v) is 27.9. The van der Waals surface area contributed by atoms with Gasteiger partial charge >= 0.3 is 0 Å². The van der Waals surface area contributed by atoms with Gasteiger partial charge in [0, 0.05) is 6.42 Å². The standard InChI is InChI=1S/C55H107NO8/c1-3-5-7-9-11-13-15-17-19-21-23-24-25-26-27-28-30-32-34-36-38-40-42-44-49(58)48(47-63-55-54(62)53(61)52(60)50(46-57)64-55)56-51(59)45-43-41-39-37-35-33-31-29-22-20-18-16-14-12-10-8-6-4-2/h29,31,48-50,52-55,57-58,60-62H,3-28,30,32-47H2,1-2H3,(H,56,59)/b31-29-. The van der Waals surface area contributed by atoms with E-state index in [0.717, 1.165) is 51.4 Å². The van der Waals surface area contributed by atoms with Gasteiger partial charge in [-0.15, -0.1) is 0 Å². The minimum atomic E-state index is -1.55. The third-order valence-corrected chi connectivity index (χ3v) is 13.6. The van der Waals surface area contributed by atoms with Crippen molar-refractivity contribution in [2.45, 2.75) is 320 Å². The molecule has 0 bridgehead atoms. The number of nitrogens with one attached hydrogen (secondary N) is 1. The molecule has 0 aromatic rings. The van der Waals surface area contributed by atoms with Gasteiger partial charge in [0.25, 0.3) is 0 Å². The van der Waals surface area contributed by atoms with Crippen molar-refractivity contribution in [2.75, 3.05) is 13.2 Å². The van der Waals surface area contributed by atoms with Crippen molar-refractivity contribution in [3.05, 3.63) is 12.2 Å². The van der Waals surface area contributed by atoms with Gasteiger partial charge in [0.15, 0.2) is 6.29 Å². The van der Waals surface area contributed by atoms with E-state index in [1.54, 1.807) is 0 Å². The van der Waals surface area contributed by atoms with Crippen LogP contribution < -0.4 is 5.32 Å². The molecular weight excluding hydrogens is 803 g/mol. The molecule has 7 unspecified atom stereocenters. The molecule has 9 heteroatoms. The van der Waals surface area contributed by atoms with Gasteiger partial charge < -0.3 is 40.3 Å². The smallest absolute Gasteiger partial charge is 0.220 e. The van der Waals surface area contributed by atoms with Crippen molar-refractivity contribution in [3.63, 3.8) is 0 Å². The Morgan fingerprint density at radius 3 is 1.27 bits per heavy atom. The van der Waals surface area contributed by atoms with E-state index in [1.807, 2.05) is 0 Å². The number of aliphatic hydroxyl groups excluding tert-OH is 5. The second-order valence-electron chi connectivity index (χ2n) is 19.7. The summed E-state index contributed by atoms with van der Waals surface area (Å²) in [5.41, 5.74) is 0. The Morgan fingerprint density at radius 2 is 0.875 bits per heavy atom. The molecule has 0 radical (unpaired) electrons. The highest BCUT2D eigenvalue weighted by atomic mass is 16.7. The summed E-state index contributed by atoms with van der Waals surface area (Å²) in [5, 5.41) is 54.6. The normalized spacial score (nSPS) is 20.0. The first-order valence-electron chi connectivity index (χ1n) is 27.9. The highest BCUT2D eigenvalue weighted by molar-refractivity contribution is 5.76. The van der Waals surface area contributed by atoms with Crippen molar-refractivity contribution in [3.8, 4) is 0 Å². The van der Waals surface area contributed by atoms with E-state index in [-0.39, 0.29) is 12.5 Å². The summed E-state index contributed by atoms with van der Waals surface area (Å²) in [6.45, 7) is 3.87. The molecule has 9 nitrogen and oxygen atoms in total. The van der Waals surface area contributed by atoms with Gasteiger partial charge in [-0.1, -0.05) is 244 Å². The number of unbranched alkanes of at least 4 members (excludes halogenated alkanes) is 36. The number of hydrogen-bond donors (Lipinski definition) is 6. The minimum absolute atomic E-state index is 0.137. The van der Waals surface area contributed by atoms with Gasteiger partial charge in [-0.3, -0.25) is 4.79 Å². The number of aliphatic hydroxyl groups is 5. The van der Waals surface area contributed by atoms with Gasteiger partial charge in [-0.2, -0.15) is 0 Å². The van der Waals surface area contributed by atoms with Crippen molar-refractivity contribution >= 4 is 5.91 Å². The van der Waals surface area contributed by atoms with Crippen LogP contribution in [0.15, 0.2) is 12.2 Å². The largest absolute Gasteiger partial charge is 0.394 e. The molecule has 1 rings (SSSR count). The molecule has 1 fully saturated rings. The summed E-state index contributed by atoms with van der Waals surface area (Å²) in [6, 6.07) is -0.720. The quantitative estimate of drug-likeness (QED) is 0.0261. The third-order valence-electron chi connectivity index (χ3n) is 13.6. The highest BCUT2D eigenvalue weighted by Gasteiger charge is 2.44. The fourth-order valence-electron chi connectivity index (χ4n) is 9.16. The molecule has 6 N–H and O–H groups in total. The van der Waals surface area contributed by atoms with Crippen LogP contribution in [0.3, 0.4) is 0 Å². The summed E-state index contributed by atoms with van der Waals surface area (Å²) < 4.78 is 11.3. The average Bonchev–Trinajstić information content (AvgIpc) is 3.29. The summed E-state index contributed by atoms with van der Waals surface area (Å²) >= 11 is 0. The zero-order chi connectivity index (χ0) is 46.6. The molecule has 1 amide bonds. The molecule has 7 atom stereocenters. The molecule has 1 aliphatic rings. The van der Waals surface area contributed by atoms with Crippen LogP contribution in [0.25, 0.3) is 0 Å². The lowest BCUT2D eigenvalue weighted by Gasteiger charge is -2.40. The predicted molar refractivity (Wildman–Crippen MR) is 267 cm³/mol. The Balaban J connectivity index is 2.22. The second-order valence-corrected chi connectivity index (χ2v) is 19.7. The number of carbonyl (C=O) groups is 1. The van der Waals surface area contributed by atoms with Gasteiger partial charge in [-0.25, -0.2) is 0 Å². The predicted octanol–water partition coefficient (Wildman–Crippen LogP) is 13.2. The Morgan fingerprint density at radius 1 is 0.516 bits per heavy atom. The van der Waals surface area contributed by atoms with Gasteiger partial charge in [-0.05, 0) is 38.5 Å². The number of rotatable bonds is 48. The Hall–Kier alpha value is -1.07. The van der Waals surface area contributed by atoms with Crippen molar-refractivity contribution < 1.29 is 39.8 Å². The van der Waals surface area contributed by atoms with Crippen LogP contribution in [0.5, 0.6) is 0 Å².